The molecular weight excluding hydrogens is 272 g/mol. The molecule has 0 fully saturated rings. The summed E-state index contributed by atoms with van der Waals surface area (Å²) < 4.78 is 5.60. The number of para-hydroxylation sites is 1. The summed E-state index contributed by atoms with van der Waals surface area (Å²) in [6.45, 7) is 6.01. The Bertz CT molecular complexity index is 595. The summed E-state index contributed by atoms with van der Waals surface area (Å²) in [6, 6.07) is 16.9. The molecule has 0 aliphatic carbocycles. The predicted octanol–water partition coefficient (Wildman–Crippen LogP) is 3.95. The molecule has 22 heavy (non-hydrogen) atoms. The summed E-state index contributed by atoms with van der Waals surface area (Å²) in [4.78, 5) is 2.46. The van der Waals surface area contributed by atoms with Crippen LogP contribution >= 0.6 is 0 Å². The Morgan fingerprint density at radius 1 is 1.09 bits per heavy atom. The first-order chi connectivity index (χ1) is 10.9. The fourth-order valence-electron chi connectivity index (χ4n) is 2.86. The summed E-state index contributed by atoms with van der Waals surface area (Å²) in [5, 5.41) is 3.49. The number of nitrogens with one attached hydrogen (secondary N) is 1. The van der Waals surface area contributed by atoms with Crippen molar-refractivity contribution in [3.05, 3.63) is 54.1 Å². The van der Waals surface area contributed by atoms with Crippen LogP contribution < -0.4 is 15.0 Å². The van der Waals surface area contributed by atoms with E-state index in [-0.39, 0.29) is 0 Å². The van der Waals surface area contributed by atoms with Gasteiger partial charge in [0.05, 0.1) is 6.61 Å². The second kappa shape index (κ2) is 7.21. The Balaban J connectivity index is 1.47. The van der Waals surface area contributed by atoms with Gasteiger partial charge in [0.25, 0.3) is 0 Å². The van der Waals surface area contributed by atoms with Crippen molar-refractivity contribution < 1.29 is 4.74 Å². The lowest BCUT2D eigenvalue weighted by molar-refractivity contribution is 0.317. The first-order valence-electron chi connectivity index (χ1n) is 8.16. The molecule has 0 radical (unpaired) electrons. The van der Waals surface area contributed by atoms with Crippen LogP contribution in [0.5, 0.6) is 5.75 Å². The van der Waals surface area contributed by atoms with E-state index in [1.807, 2.05) is 12.1 Å². The highest BCUT2D eigenvalue weighted by molar-refractivity contribution is 5.58. The Labute approximate surface area is 132 Å². The second-order valence-corrected chi connectivity index (χ2v) is 5.67. The molecule has 3 heteroatoms. The molecule has 1 N–H and O–H groups in total. The molecule has 2 aromatic carbocycles. The highest BCUT2D eigenvalue weighted by atomic mass is 16.5. The van der Waals surface area contributed by atoms with Crippen molar-refractivity contribution in [1.29, 1.82) is 0 Å². The first-order valence-corrected chi connectivity index (χ1v) is 8.16. The van der Waals surface area contributed by atoms with E-state index in [2.05, 4.69) is 53.5 Å². The van der Waals surface area contributed by atoms with Gasteiger partial charge in [-0.15, -0.1) is 0 Å². The van der Waals surface area contributed by atoms with Gasteiger partial charge in [-0.1, -0.05) is 25.1 Å². The first kappa shape index (κ1) is 14.8. The maximum absolute atomic E-state index is 5.60. The van der Waals surface area contributed by atoms with Crippen molar-refractivity contribution in [3.8, 4) is 5.75 Å². The third kappa shape index (κ3) is 3.53. The molecule has 3 rings (SSSR count). The number of benzene rings is 2. The van der Waals surface area contributed by atoms with E-state index in [4.69, 9.17) is 4.74 Å². The van der Waals surface area contributed by atoms with Gasteiger partial charge in [0.1, 0.15) is 5.75 Å². The van der Waals surface area contributed by atoms with Crippen LogP contribution in [0.25, 0.3) is 0 Å². The fraction of sp³-hybridized carbons (Fsp3) is 0.368. The molecule has 0 saturated carbocycles. The molecule has 0 bridgehead atoms. The van der Waals surface area contributed by atoms with Crippen LogP contribution in [0.4, 0.5) is 11.4 Å². The van der Waals surface area contributed by atoms with Gasteiger partial charge in [0.2, 0.25) is 0 Å². The van der Waals surface area contributed by atoms with Gasteiger partial charge in [0.15, 0.2) is 0 Å². The Kier molecular flexibility index (Phi) is 4.84. The van der Waals surface area contributed by atoms with Gasteiger partial charge in [-0.05, 0) is 48.7 Å². The maximum Gasteiger partial charge on any atom is 0.119 e. The summed E-state index contributed by atoms with van der Waals surface area (Å²) in [5.41, 5.74) is 4.02. The number of anilines is 2. The Morgan fingerprint density at radius 2 is 1.91 bits per heavy atom. The van der Waals surface area contributed by atoms with Gasteiger partial charge in [0, 0.05) is 31.0 Å². The lowest BCUT2D eigenvalue weighted by atomic mass is 10.2. The molecule has 0 unspecified atom stereocenters. The molecule has 2 aromatic rings. The smallest absolute Gasteiger partial charge is 0.119 e. The summed E-state index contributed by atoms with van der Waals surface area (Å²) in [7, 11) is 0. The average molecular weight is 296 g/mol. The van der Waals surface area contributed by atoms with E-state index in [9.17, 15) is 0 Å². The largest absolute Gasteiger partial charge is 0.494 e. The fourth-order valence-corrected chi connectivity index (χ4v) is 2.86. The predicted molar refractivity (Wildman–Crippen MR) is 93.1 cm³/mol. The zero-order valence-corrected chi connectivity index (χ0v) is 13.2. The van der Waals surface area contributed by atoms with Crippen LogP contribution in [0, 0.1) is 0 Å². The Hall–Kier alpha value is -2.16. The van der Waals surface area contributed by atoms with Crippen molar-refractivity contribution in [2.45, 2.75) is 19.8 Å². The SMILES string of the molecule is CCCOc1ccc(NCCN2CCc3ccccc32)cc1. The van der Waals surface area contributed by atoms with Crippen LogP contribution in [0.1, 0.15) is 18.9 Å². The van der Waals surface area contributed by atoms with Gasteiger partial charge < -0.3 is 15.0 Å². The maximum atomic E-state index is 5.60. The molecule has 1 aliphatic rings. The minimum atomic E-state index is 0.779. The Morgan fingerprint density at radius 3 is 2.73 bits per heavy atom. The van der Waals surface area contributed by atoms with Crippen molar-refractivity contribution in [2.75, 3.05) is 36.5 Å². The zero-order chi connectivity index (χ0) is 15.2. The molecular formula is C19H24N2O. The van der Waals surface area contributed by atoms with Gasteiger partial charge in [-0.3, -0.25) is 0 Å². The molecule has 1 aliphatic heterocycles. The van der Waals surface area contributed by atoms with E-state index >= 15 is 0 Å². The molecule has 0 saturated heterocycles. The number of hydrogen-bond donors (Lipinski definition) is 1. The topological polar surface area (TPSA) is 24.5 Å². The molecule has 3 nitrogen and oxygen atoms in total. The number of hydrogen-bond acceptors (Lipinski definition) is 3. The number of nitrogens with zero attached hydrogens (tertiary/aromatic N) is 1. The molecule has 1 heterocycles. The van der Waals surface area contributed by atoms with Gasteiger partial charge >= 0.3 is 0 Å². The van der Waals surface area contributed by atoms with Crippen LogP contribution in [-0.4, -0.2) is 26.2 Å². The highest BCUT2D eigenvalue weighted by Gasteiger charge is 2.17. The molecule has 116 valence electrons. The zero-order valence-electron chi connectivity index (χ0n) is 13.2. The third-order valence-electron chi connectivity index (χ3n) is 4.02. The van der Waals surface area contributed by atoms with E-state index in [1.165, 1.54) is 17.7 Å². The summed E-state index contributed by atoms with van der Waals surface area (Å²) in [6.07, 6.45) is 2.21. The minimum absolute atomic E-state index is 0.779. The van der Waals surface area contributed by atoms with Crippen molar-refractivity contribution in [2.24, 2.45) is 0 Å². The van der Waals surface area contributed by atoms with Gasteiger partial charge in [-0.2, -0.15) is 0 Å². The lowest BCUT2D eigenvalue weighted by Crippen LogP contribution is -2.27. The van der Waals surface area contributed by atoms with Crippen LogP contribution in [-0.2, 0) is 6.42 Å². The molecule has 0 spiro atoms. The van der Waals surface area contributed by atoms with E-state index in [0.717, 1.165) is 44.1 Å². The quantitative estimate of drug-likeness (QED) is 0.837. The lowest BCUT2D eigenvalue weighted by Gasteiger charge is -2.20. The van der Waals surface area contributed by atoms with Crippen molar-refractivity contribution in [1.82, 2.24) is 0 Å². The van der Waals surface area contributed by atoms with E-state index < -0.39 is 0 Å². The van der Waals surface area contributed by atoms with Crippen molar-refractivity contribution in [3.63, 3.8) is 0 Å². The molecule has 0 atom stereocenters. The number of rotatable bonds is 7. The van der Waals surface area contributed by atoms with Crippen LogP contribution in [0.15, 0.2) is 48.5 Å². The highest BCUT2D eigenvalue weighted by Crippen LogP contribution is 2.26. The molecule has 0 aromatic heterocycles. The summed E-state index contributed by atoms with van der Waals surface area (Å²) >= 11 is 0. The monoisotopic (exact) mass is 296 g/mol. The van der Waals surface area contributed by atoms with Crippen molar-refractivity contribution >= 4 is 11.4 Å². The standard InChI is InChI=1S/C19H24N2O/c1-2-15-22-18-9-7-17(8-10-18)20-12-14-21-13-11-16-5-3-4-6-19(16)21/h3-10,20H,2,11-15H2,1H3. The van der Waals surface area contributed by atoms with E-state index in [0.29, 0.717) is 0 Å². The minimum Gasteiger partial charge on any atom is -0.494 e. The van der Waals surface area contributed by atoms with Gasteiger partial charge in [-0.25, -0.2) is 0 Å². The average Bonchev–Trinajstić information content (AvgIpc) is 2.98. The molecule has 0 amide bonds. The van der Waals surface area contributed by atoms with E-state index in [1.54, 1.807) is 0 Å². The summed E-state index contributed by atoms with van der Waals surface area (Å²) in [5.74, 6) is 0.945. The van der Waals surface area contributed by atoms with Crippen LogP contribution in [0.3, 0.4) is 0 Å². The van der Waals surface area contributed by atoms with Crippen LogP contribution in [0.2, 0.25) is 0 Å². The third-order valence-corrected chi connectivity index (χ3v) is 4.02. The number of ether oxygens (including phenoxy) is 1. The number of fused-ring (bicyclic) bond motifs is 1. The second-order valence-electron chi connectivity index (χ2n) is 5.67. The normalized spacial score (nSPS) is 13.0.